The van der Waals surface area contributed by atoms with E-state index in [2.05, 4.69) is 39.9 Å². The lowest BCUT2D eigenvalue weighted by atomic mass is 9.65. The average Bonchev–Trinajstić information content (AvgIpc) is 2.26. The van der Waals surface area contributed by atoms with Crippen LogP contribution >= 0.6 is 0 Å². The summed E-state index contributed by atoms with van der Waals surface area (Å²) in [5.41, 5.74) is 0.447. The summed E-state index contributed by atoms with van der Waals surface area (Å²) >= 11 is 0. The maximum atomic E-state index is 5.45. The van der Waals surface area contributed by atoms with Gasteiger partial charge in [0, 0.05) is 19.8 Å². The highest BCUT2D eigenvalue weighted by Gasteiger charge is 2.35. The van der Waals surface area contributed by atoms with Crippen LogP contribution in [0, 0.1) is 23.2 Å². The molecule has 0 aromatic carbocycles. The van der Waals surface area contributed by atoms with Crippen LogP contribution in [0.15, 0.2) is 0 Å². The van der Waals surface area contributed by atoms with Crippen molar-refractivity contribution >= 4 is 0 Å². The molecule has 0 aromatic heterocycles. The van der Waals surface area contributed by atoms with E-state index >= 15 is 0 Å². The number of nitrogens with one attached hydrogen (secondary N) is 1. The zero-order chi connectivity index (χ0) is 13.8. The summed E-state index contributed by atoms with van der Waals surface area (Å²) in [6, 6.07) is 0.591. The van der Waals surface area contributed by atoms with Crippen molar-refractivity contribution in [3.8, 4) is 0 Å². The van der Waals surface area contributed by atoms with Crippen molar-refractivity contribution in [1.82, 2.24) is 5.32 Å². The molecule has 0 aromatic rings. The van der Waals surface area contributed by atoms with Crippen molar-refractivity contribution in [1.29, 1.82) is 0 Å². The summed E-state index contributed by atoms with van der Waals surface area (Å²) < 4.78 is 5.45. The Morgan fingerprint density at radius 1 is 1.17 bits per heavy atom. The molecule has 18 heavy (non-hydrogen) atoms. The van der Waals surface area contributed by atoms with Gasteiger partial charge in [-0.1, -0.05) is 34.6 Å². The molecular weight excluding hydrogens is 222 g/mol. The molecule has 3 unspecified atom stereocenters. The van der Waals surface area contributed by atoms with Gasteiger partial charge in [0.15, 0.2) is 0 Å². The molecule has 1 saturated carbocycles. The summed E-state index contributed by atoms with van der Waals surface area (Å²) in [4.78, 5) is 0. The van der Waals surface area contributed by atoms with E-state index in [0.29, 0.717) is 11.5 Å². The average molecular weight is 255 g/mol. The van der Waals surface area contributed by atoms with Gasteiger partial charge in [-0.05, 0) is 49.0 Å². The third-order valence-corrected chi connectivity index (χ3v) is 4.53. The molecule has 2 nitrogen and oxygen atoms in total. The first-order valence-electron chi connectivity index (χ1n) is 7.57. The molecule has 1 rings (SSSR count). The van der Waals surface area contributed by atoms with E-state index in [4.69, 9.17) is 4.74 Å². The largest absolute Gasteiger partial charge is 0.384 e. The fourth-order valence-corrected chi connectivity index (χ4v) is 3.19. The van der Waals surface area contributed by atoms with E-state index in [0.717, 1.165) is 30.9 Å². The topological polar surface area (TPSA) is 21.3 Å². The Kier molecular flexibility index (Phi) is 6.13. The van der Waals surface area contributed by atoms with Gasteiger partial charge in [-0.25, -0.2) is 0 Å². The molecule has 0 saturated heterocycles. The zero-order valence-electron chi connectivity index (χ0n) is 13.3. The van der Waals surface area contributed by atoms with Crippen molar-refractivity contribution in [3.63, 3.8) is 0 Å². The number of hydrogen-bond donors (Lipinski definition) is 1. The second kappa shape index (κ2) is 6.91. The van der Waals surface area contributed by atoms with Crippen molar-refractivity contribution in [2.24, 2.45) is 23.2 Å². The lowest BCUT2D eigenvalue weighted by Gasteiger charge is -2.42. The quantitative estimate of drug-likeness (QED) is 0.808. The fraction of sp³-hybridized carbons (Fsp3) is 1.00. The minimum atomic E-state index is 0.447. The maximum absolute atomic E-state index is 5.45. The van der Waals surface area contributed by atoms with Gasteiger partial charge in [0.2, 0.25) is 0 Å². The number of methoxy groups -OCH3 is 1. The van der Waals surface area contributed by atoms with Crippen LogP contribution in [0.1, 0.15) is 53.9 Å². The number of hydrogen-bond acceptors (Lipinski definition) is 2. The maximum Gasteiger partial charge on any atom is 0.0493 e. The molecule has 0 heterocycles. The number of rotatable bonds is 5. The Morgan fingerprint density at radius 3 is 2.33 bits per heavy atom. The molecule has 3 atom stereocenters. The van der Waals surface area contributed by atoms with Crippen molar-refractivity contribution in [3.05, 3.63) is 0 Å². The molecule has 0 amide bonds. The van der Waals surface area contributed by atoms with Gasteiger partial charge in [0.1, 0.15) is 0 Å². The van der Waals surface area contributed by atoms with Crippen LogP contribution < -0.4 is 5.32 Å². The molecule has 1 aliphatic carbocycles. The van der Waals surface area contributed by atoms with E-state index in [1.54, 1.807) is 0 Å². The van der Waals surface area contributed by atoms with E-state index in [1.165, 1.54) is 19.3 Å². The van der Waals surface area contributed by atoms with Crippen LogP contribution in [-0.4, -0.2) is 26.3 Å². The minimum Gasteiger partial charge on any atom is -0.384 e. The van der Waals surface area contributed by atoms with Crippen LogP contribution in [0.5, 0.6) is 0 Å². The lowest BCUT2D eigenvalue weighted by Crippen LogP contribution is -2.39. The van der Waals surface area contributed by atoms with Crippen molar-refractivity contribution in [2.75, 3.05) is 20.3 Å². The Labute approximate surface area is 114 Å². The molecule has 0 spiro atoms. The van der Waals surface area contributed by atoms with E-state index in [1.807, 2.05) is 7.11 Å². The van der Waals surface area contributed by atoms with Gasteiger partial charge in [-0.15, -0.1) is 0 Å². The Balaban J connectivity index is 2.55. The van der Waals surface area contributed by atoms with Gasteiger partial charge < -0.3 is 10.1 Å². The normalized spacial score (nSPS) is 29.8. The predicted molar refractivity (Wildman–Crippen MR) is 78.8 cm³/mol. The standard InChI is InChI=1S/C16H33NO/c1-12(2)17-10-13-7-8-15(16(3,4)5)9-14(13)11-18-6/h12-15,17H,7-11H2,1-6H3. The first-order valence-corrected chi connectivity index (χ1v) is 7.57. The highest BCUT2D eigenvalue weighted by Crippen LogP contribution is 2.42. The fourth-order valence-electron chi connectivity index (χ4n) is 3.19. The van der Waals surface area contributed by atoms with E-state index in [9.17, 15) is 0 Å². The zero-order valence-corrected chi connectivity index (χ0v) is 13.3. The second-order valence-corrected chi connectivity index (χ2v) is 7.41. The third kappa shape index (κ3) is 4.89. The van der Waals surface area contributed by atoms with Gasteiger partial charge >= 0.3 is 0 Å². The third-order valence-electron chi connectivity index (χ3n) is 4.53. The van der Waals surface area contributed by atoms with Gasteiger partial charge in [0.25, 0.3) is 0 Å². The summed E-state index contributed by atoms with van der Waals surface area (Å²) in [5, 5.41) is 3.60. The molecule has 1 aliphatic rings. The molecule has 0 radical (unpaired) electrons. The lowest BCUT2D eigenvalue weighted by molar-refractivity contribution is 0.0413. The van der Waals surface area contributed by atoms with Gasteiger partial charge in [-0.3, -0.25) is 0 Å². The minimum absolute atomic E-state index is 0.447. The predicted octanol–water partition coefficient (Wildman–Crippen LogP) is 3.71. The van der Waals surface area contributed by atoms with E-state index in [-0.39, 0.29) is 0 Å². The van der Waals surface area contributed by atoms with Gasteiger partial charge in [0.05, 0.1) is 0 Å². The monoisotopic (exact) mass is 255 g/mol. The SMILES string of the molecule is COCC1CC(C(C)(C)C)CCC1CNC(C)C. The van der Waals surface area contributed by atoms with Crippen LogP contribution in [0.4, 0.5) is 0 Å². The molecule has 1 fully saturated rings. The van der Waals surface area contributed by atoms with Crippen LogP contribution in [0.2, 0.25) is 0 Å². The first-order chi connectivity index (χ1) is 8.34. The molecule has 1 N–H and O–H groups in total. The Bertz CT molecular complexity index is 232. The highest BCUT2D eigenvalue weighted by molar-refractivity contribution is 4.86. The smallest absolute Gasteiger partial charge is 0.0493 e. The molecule has 108 valence electrons. The van der Waals surface area contributed by atoms with Crippen LogP contribution in [-0.2, 0) is 4.74 Å². The van der Waals surface area contributed by atoms with Crippen molar-refractivity contribution < 1.29 is 4.74 Å². The Hall–Kier alpha value is -0.0800. The second-order valence-electron chi connectivity index (χ2n) is 7.41. The molecule has 0 aliphatic heterocycles. The number of ether oxygens (including phenoxy) is 1. The molecule has 2 heteroatoms. The summed E-state index contributed by atoms with van der Waals surface area (Å²) in [6.07, 6.45) is 4.08. The van der Waals surface area contributed by atoms with Gasteiger partial charge in [-0.2, -0.15) is 0 Å². The van der Waals surface area contributed by atoms with E-state index < -0.39 is 0 Å². The summed E-state index contributed by atoms with van der Waals surface area (Å²) in [7, 11) is 1.84. The van der Waals surface area contributed by atoms with Crippen LogP contribution in [0.3, 0.4) is 0 Å². The van der Waals surface area contributed by atoms with Crippen molar-refractivity contribution in [2.45, 2.75) is 59.9 Å². The first kappa shape index (κ1) is 16.0. The summed E-state index contributed by atoms with van der Waals surface area (Å²) in [6.45, 7) is 13.7. The van der Waals surface area contributed by atoms with Crippen LogP contribution in [0.25, 0.3) is 0 Å². The molecular formula is C16H33NO. The Morgan fingerprint density at radius 2 is 1.83 bits per heavy atom. The summed E-state index contributed by atoms with van der Waals surface area (Å²) in [5.74, 6) is 2.39. The highest BCUT2D eigenvalue weighted by atomic mass is 16.5. The molecule has 0 bridgehead atoms.